The van der Waals surface area contributed by atoms with E-state index in [9.17, 15) is 4.79 Å². The number of methoxy groups -OCH3 is 1. The molecule has 2 aliphatic rings. The molecule has 0 bridgehead atoms. The SMILES string of the molecule is COc1cc(Nc2c3c([nH+]c4cc5c(cc24)OCCO5)CCCC3=O)cc(C)c1C.[Cl-]. The molecule has 162 valence electrons. The highest BCUT2D eigenvalue weighted by molar-refractivity contribution is 6.10. The van der Waals surface area contributed by atoms with Crippen LogP contribution in [0.25, 0.3) is 10.9 Å². The summed E-state index contributed by atoms with van der Waals surface area (Å²) in [5, 5.41) is 4.45. The van der Waals surface area contributed by atoms with Gasteiger partial charge in [-0.05, 0) is 37.5 Å². The molecule has 2 aromatic carbocycles. The molecule has 0 spiro atoms. The van der Waals surface area contributed by atoms with E-state index in [1.807, 2.05) is 25.1 Å². The molecule has 0 saturated heterocycles. The van der Waals surface area contributed by atoms with Crippen LogP contribution in [0.3, 0.4) is 0 Å². The predicted molar refractivity (Wildman–Crippen MR) is 115 cm³/mol. The largest absolute Gasteiger partial charge is 1.00 e. The van der Waals surface area contributed by atoms with Crippen molar-refractivity contribution in [2.45, 2.75) is 33.1 Å². The molecule has 0 atom stereocenters. The summed E-state index contributed by atoms with van der Waals surface area (Å²) in [5.41, 5.74) is 6.55. The molecule has 1 aliphatic heterocycles. The fourth-order valence-corrected chi connectivity index (χ4v) is 4.34. The summed E-state index contributed by atoms with van der Waals surface area (Å²) < 4.78 is 17.1. The van der Waals surface area contributed by atoms with Crippen LogP contribution in [0.5, 0.6) is 17.2 Å². The quantitative estimate of drug-likeness (QED) is 0.665. The first kappa shape index (κ1) is 21.2. The lowest BCUT2D eigenvalue weighted by atomic mass is 9.91. The standard InChI is InChI=1S/C24H24N2O4.ClH/c1-13-9-15(10-20(28-3)14(13)2)25-24-16-11-21-22(30-8-7-29-21)12-18(16)26-17-5-4-6-19(27)23(17)24;/h9-12H,4-8H2,1-3H3,(H,25,26);1H. The molecule has 5 rings (SSSR count). The third-order valence-corrected chi connectivity index (χ3v) is 6.01. The zero-order valence-electron chi connectivity index (χ0n) is 17.9. The van der Waals surface area contributed by atoms with Gasteiger partial charge >= 0.3 is 0 Å². The molecule has 6 nitrogen and oxygen atoms in total. The molecule has 0 unspecified atom stereocenters. The van der Waals surface area contributed by atoms with Crippen molar-refractivity contribution in [3.63, 3.8) is 0 Å². The van der Waals surface area contributed by atoms with Gasteiger partial charge in [0.1, 0.15) is 24.5 Å². The van der Waals surface area contributed by atoms with Gasteiger partial charge in [0.25, 0.3) is 0 Å². The van der Waals surface area contributed by atoms with Crippen molar-refractivity contribution in [1.82, 2.24) is 0 Å². The van der Waals surface area contributed by atoms with Crippen molar-refractivity contribution in [2.24, 2.45) is 0 Å². The number of hydrogen-bond acceptors (Lipinski definition) is 5. The molecule has 1 aromatic heterocycles. The van der Waals surface area contributed by atoms with E-state index in [4.69, 9.17) is 14.2 Å². The Morgan fingerprint density at radius 1 is 1.03 bits per heavy atom. The first-order valence-electron chi connectivity index (χ1n) is 10.3. The maximum absolute atomic E-state index is 12.9. The first-order valence-corrected chi connectivity index (χ1v) is 10.3. The number of benzene rings is 2. The zero-order chi connectivity index (χ0) is 20.8. The molecule has 3 aromatic rings. The number of rotatable bonds is 3. The van der Waals surface area contributed by atoms with Gasteiger partial charge in [-0.1, -0.05) is 0 Å². The van der Waals surface area contributed by atoms with Crippen LogP contribution in [-0.4, -0.2) is 26.1 Å². The maximum Gasteiger partial charge on any atom is 0.217 e. The number of aromatic nitrogens is 1. The van der Waals surface area contributed by atoms with Gasteiger partial charge in [0, 0.05) is 30.7 Å². The van der Waals surface area contributed by atoms with Gasteiger partial charge < -0.3 is 31.9 Å². The Morgan fingerprint density at radius 2 is 1.77 bits per heavy atom. The Morgan fingerprint density at radius 3 is 2.52 bits per heavy atom. The number of ketones is 1. The van der Waals surface area contributed by atoms with Crippen LogP contribution in [0.4, 0.5) is 11.4 Å². The van der Waals surface area contributed by atoms with E-state index in [1.54, 1.807) is 7.11 Å². The van der Waals surface area contributed by atoms with E-state index in [2.05, 4.69) is 23.3 Å². The van der Waals surface area contributed by atoms with Crippen LogP contribution in [-0.2, 0) is 6.42 Å². The van der Waals surface area contributed by atoms with Crippen LogP contribution in [0.2, 0.25) is 0 Å². The van der Waals surface area contributed by atoms with E-state index in [1.165, 1.54) is 0 Å². The Balaban J connectivity index is 0.00000231. The summed E-state index contributed by atoms with van der Waals surface area (Å²) in [6, 6.07) is 7.99. The second-order valence-corrected chi connectivity index (χ2v) is 7.92. The van der Waals surface area contributed by atoms with Crippen LogP contribution < -0.4 is 36.9 Å². The minimum atomic E-state index is 0. The fourth-order valence-electron chi connectivity index (χ4n) is 4.34. The zero-order valence-corrected chi connectivity index (χ0v) is 18.6. The average molecular weight is 441 g/mol. The number of Topliss-reactive ketones (excluding diaryl/α,β-unsaturated/α-hetero) is 1. The highest BCUT2D eigenvalue weighted by atomic mass is 35.5. The van der Waals surface area contributed by atoms with Crippen molar-refractivity contribution < 1.29 is 36.4 Å². The number of nitrogens with one attached hydrogen (secondary N) is 2. The predicted octanol–water partition coefficient (Wildman–Crippen LogP) is 1.32. The maximum atomic E-state index is 12.9. The topological polar surface area (TPSA) is 70.9 Å². The van der Waals surface area contributed by atoms with Crippen molar-refractivity contribution in [3.05, 3.63) is 46.6 Å². The number of halogens is 1. The van der Waals surface area contributed by atoms with Crippen molar-refractivity contribution in [1.29, 1.82) is 0 Å². The van der Waals surface area contributed by atoms with E-state index >= 15 is 0 Å². The molecule has 31 heavy (non-hydrogen) atoms. The van der Waals surface area contributed by atoms with Gasteiger partial charge in [-0.3, -0.25) is 4.79 Å². The summed E-state index contributed by atoms with van der Waals surface area (Å²) in [7, 11) is 1.67. The molecule has 1 aliphatic carbocycles. The smallest absolute Gasteiger partial charge is 0.217 e. The molecule has 0 fully saturated rings. The van der Waals surface area contributed by atoms with Gasteiger partial charge in [0.05, 0.1) is 24.2 Å². The minimum Gasteiger partial charge on any atom is -1.00 e. The third kappa shape index (κ3) is 3.65. The summed E-state index contributed by atoms with van der Waals surface area (Å²) in [4.78, 5) is 16.4. The lowest BCUT2D eigenvalue weighted by Crippen LogP contribution is -3.00. The minimum absolute atomic E-state index is 0. The van der Waals surface area contributed by atoms with Gasteiger partial charge in [-0.15, -0.1) is 0 Å². The number of carbonyl (C=O) groups is 1. The van der Waals surface area contributed by atoms with Crippen molar-refractivity contribution in [2.75, 3.05) is 25.6 Å². The number of fused-ring (bicyclic) bond motifs is 3. The Labute approximate surface area is 187 Å². The first-order chi connectivity index (χ1) is 14.5. The van der Waals surface area contributed by atoms with Crippen LogP contribution in [0.1, 0.15) is 40.0 Å². The molecule has 2 N–H and O–H groups in total. The molecule has 0 radical (unpaired) electrons. The monoisotopic (exact) mass is 440 g/mol. The van der Waals surface area contributed by atoms with E-state index < -0.39 is 0 Å². The summed E-state index contributed by atoms with van der Waals surface area (Å²) in [5.74, 6) is 2.40. The van der Waals surface area contributed by atoms with Crippen LogP contribution in [0.15, 0.2) is 24.3 Å². The van der Waals surface area contributed by atoms with Gasteiger partial charge in [0.2, 0.25) is 5.52 Å². The molecule has 7 heteroatoms. The van der Waals surface area contributed by atoms with Crippen LogP contribution >= 0.6 is 0 Å². The molecular weight excluding hydrogens is 416 g/mol. The van der Waals surface area contributed by atoms with Gasteiger partial charge in [-0.2, -0.15) is 0 Å². The van der Waals surface area contributed by atoms with Gasteiger partial charge in [0.15, 0.2) is 23.0 Å². The Kier molecular flexibility index (Phi) is 5.67. The van der Waals surface area contributed by atoms with E-state index in [0.29, 0.717) is 25.4 Å². The molecule has 0 saturated carbocycles. The van der Waals surface area contributed by atoms with Crippen molar-refractivity contribution in [3.8, 4) is 17.2 Å². The number of carbonyl (C=O) groups excluding carboxylic acids is 1. The van der Waals surface area contributed by atoms with Crippen LogP contribution in [0, 0.1) is 13.8 Å². The second-order valence-electron chi connectivity index (χ2n) is 7.92. The van der Waals surface area contributed by atoms with E-state index in [-0.39, 0.29) is 18.2 Å². The lowest BCUT2D eigenvalue weighted by molar-refractivity contribution is -0.358. The highest BCUT2D eigenvalue weighted by Gasteiger charge is 2.30. The highest BCUT2D eigenvalue weighted by Crippen LogP contribution is 2.40. The molecule has 0 amide bonds. The Hall–Kier alpha value is -2.99. The number of aromatic amines is 1. The summed E-state index contributed by atoms with van der Waals surface area (Å²) in [6.45, 7) is 5.15. The normalized spacial score (nSPS) is 14.6. The van der Waals surface area contributed by atoms with Gasteiger partial charge in [-0.25, -0.2) is 4.98 Å². The third-order valence-electron chi connectivity index (χ3n) is 6.01. The molecular formula is C24H25ClN2O4. The summed E-state index contributed by atoms with van der Waals surface area (Å²) in [6.07, 6.45) is 2.26. The van der Waals surface area contributed by atoms with Crippen molar-refractivity contribution >= 4 is 28.1 Å². The number of pyridine rings is 1. The summed E-state index contributed by atoms with van der Waals surface area (Å²) >= 11 is 0. The number of ether oxygens (including phenoxy) is 3. The second kappa shape index (κ2) is 8.27. The number of H-pyrrole nitrogens is 1. The fraction of sp³-hybridized carbons (Fsp3) is 0.333. The van der Waals surface area contributed by atoms with E-state index in [0.717, 1.165) is 69.0 Å². The number of hydrogen-bond donors (Lipinski definition) is 1. The molecule has 2 heterocycles. The lowest BCUT2D eigenvalue weighted by Gasteiger charge is -2.21. The number of aryl methyl sites for hydroxylation is 2. The Bertz CT molecular complexity index is 1190. The number of anilines is 2. The average Bonchev–Trinajstić information content (AvgIpc) is 2.74.